The molecule has 1 saturated heterocycles. The highest BCUT2D eigenvalue weighted by atomic mass is 16.5. The van der Waals surface area contributed by atoms with E-state index in [0.29, 0.717) is 18.9 Å². The average molecular weight is 352 g/mol. The zero-order valence-electron chi connectivity index (χ0n) is 15.4. The van der Waals surface area contributed by atoms with E-state index < -0.39 is 0 Å². The Hall–Kier alpha value is -2.82. The number of amides is 2. The van der Waals surface area contributed by atoms with E-state index >= 15 is 0 Å². The van der Waals surface area contributed by atoms with E-state index in [-0.39, 0.29) is 24.2 Å². The number of nitrogens with zero attached hydrogens (tertiary/aromatic N) is 1. The van der Waals surface area contributed by atoms with Gasteiger partial charge in [-0.2, -0.15) is 0 Å². The largest absolute Gasteiger partial charge is 0.492 e. The Morgan fingerprint density at radius 2 is 1.85 bits per heavy atom. The molecule has 0 aliphatic carbocycles. The molecule has 26 heavy (non-hydrogen) atoms. The first-order chi connectivity index (χ1) is 12.5. The van der Waals surface area contributed by atoms with E-state index in [0.717, 1.165) is 22.5 Å². The molecule has 0 spiro atoms. The number of carbonyl (C=O) groups is 2. The summed E-state index contributed by atoms with van der Waals surface area (Å²) >= 11 is 0. The Morgan fingerprint density at radius 1 is 1.15 bits per heavy atom. The Bertz CT molecular complexity index is 812. The van der Waals surface area contributed by atoms with Crippen LogP contribution in [0.5, 0.6) is 5.75 Å². The number of ether oxygens (including phenoxy) is 1. The first-order valence-electron chi connectivity index (χ1n) is 8.90. The van der Waals surface area contributed by atoms with Crippen LogP contribution in [-0.2, 0) is 9.59 Å². The number of anilines is 2. The molecule has 0 bridgehead atoms. The summed E-state index contributed by atoms with van der Waals surface area (Å²) in [5.41, 5.74) is 3.59. The number of benzene rings is 2. The maximum atomic E-state index is 12.7. The quantitative estimate of drug-likeness (QED) is 0.893. The molecular formula is C21H24N2O3. The van der Waals surface area contributed by atoms with Crippen molar-refractivity contribution in [3.05, 3.63) is 53.6 Å². The fourth-order valence-corrected chi connectivity index (χ4v) is 3.31. The van der Waals surface area contributed by atoms with Crippen LogP contribution in [0.1, 0.15) is 24.5 Å². The molecule has 2 amide bonds. The summed E-state index contributed by atoms with van der Waals surface area (Å²) in [4.78, 5) is 26.9. The fraction of sp³-hybridized carbons (Fsp3) is 0.333. The zero-order chi connectivity index (χ0) is 18.7. The summed E-state index contributed by atoms with van der Waals surface area (Å²) in [6.07, 6.45) is 0.206. The molecule has 1 aliphatic heterocycles. The van der Waals surface area contributed by atoms with Crippen LogP contribution in [-0.4, -0.2) is 25.0 Å². The van der Waals surface area contributed by atoms with Gasteiger partial charge in [0.05, 0.1) is 18.2 Å². The summed E-state index contributed by atoms with van der Waals surface area (Å²) in [5.74, 6) is 0.112. The standard InChI is InChI=1S/C21H24N2O3/c1-4-26-18-11-6-5-10-17(18)23-13-16(12-19(23)24)21(25)22-20-14(2)8-7-9-15(20)3/h5-11,16H,4,12-13H2,1-3H3,(H,22,25)/t16-/m0/s1. The molecule has 0 unspecified atom stereocenters. The third-order valence-corrected chi connectivity index (χ3v) is 4.68. The van der Waals surface area contributed by atoms with Crippen molar-refractivity contribution >= 4 is 23.2 Å². The Balaban J connectivity index is 1.77. The van der Waals surface area contributed by atoms with Crippen LogP contribution >= 0.6 is 0 Å². The lowest BCUT2D eigenvalue weighted by Gasteiger charge is -2.20. The van der Waals surface area contributed by atoms with E-state index in [9.17, 15) is 9.59 Å². The summed E-state index contributed by atoms with van der Waals surface area (Å²) < 4.78 is 5.63. The van der Waals surface area contributed by atoms with Crippen molar-refractivity contribution in [1.82, 2.24) is 0 Å². The first kappa shape index (κ1) is 18.0. The van der Waals surface area contributed by atoms with Gasteiger partial charge in [0.1, 0.15) is 5.75 Å². The first-order valence-corrected chi connectivity index (χ1v) is 8.90. The highest BCUT2D eigenvalue weighted by Crippen LogP contribution is 2.33. The SMILES string of the molecule is CCOc1ccccc1N1C[C@@H](C(=O)Nc2c(C)cccc2C)CC1=O. The minimum atomic E-state index is -0.379. The topological polar surface area (TPSA) is 58.6 Å². The van der Waals surface area contributed by atoms with Gasteiger partial charge in [-0.15, -0.1) is 0 Å². The van der Waals surface area contributed by atoms with Crippen LogP contribution < -0.4 is 15.0 Å². The third-order valence-electron chi connectivity index (χ3n) is 4.68. The van der Waals surface area contributed by atoms with Crippen LogP contribution in [0.15, 0.2) is 42.5 Å². The molecular weight excluding hydrogens is 328 g/mol. The molecule has 136 valence electrons. The van der Waals surface area contributed by atoms with Gasteiger partial charge in [0, 0.05) is 18.7 Å². The summed E-state index contributed by atoms with van der Waals surface area (Å²) in [7, 11) is 0. The van der Waals surface area contributed by atoms with Gasteiger partial charge in [0.25, 0.3) is 0 Å². The van der Waals surface area contributed by atoms with Crippen LogP contribution in [0, 0.1) is 19.8 Å². The highest BCUT2D eigenvalue weighted by Gasteiger charge is 2.36. The molecule has 1 N–H and O–H groups in total. The van der Waals surface area contributed by atoms with E-state index in [1.54, 1.807) is 4.90 Å². The van der Waals surface area contributed by atoms with Crippen molar-refractivity contribution in [2.75, 3.05) is 23.4 Å². The Morgan fingerprint density at radius 3 is 2.54 bits per heavy atom. The van der Waals surface area contributed by atoms with Gasteiger partial charge in [-0.3, -0.25) is 9.59 Å². The van der Waals surface area contributed by atoms with Crippen molar-refractivity contribution in [2.24, 2.45) is 5.92 Å². The number of aryl methyl sites for hydroxylation is 2. The van der Waals surface area contributed by atoms with Crippen molar-refractivity contribution in [3.63, 3.8) is 0 Å². The predicted octanol–water partition coefficient (Wildman–Crippen LogP) is 3.69. The third kappa shape index (κ3) is 3.57. The van der Waals surface area contributed by atoms with Gasteiger partial charge in [-0.05, 0) is 44.0 Å². The maximum absolute atomic E-state index is 12.7. The van der Waals surface area contributed by atoms with Crippen LogP contribution in [0.25, 0.3) is 0 Å². The summed E-state index contributed by atoms with van der Waals surface area (Å²) in [5, 5.41) is 3.00. The monoisotopic (exact) mass is 352 g/mol. The molecule has 3 rings (SSSR count). The number of hydrogen-bond donors (Lipinski definition) is 1. The van der Waals surface area contributed by atoms with Gasteiger partial charge >= 0.3 is 0 Å². The number of carbonyl (C=O) groups excluding carboxylic acids is 2. The highest BCUT2D eigenvalue weighted by molar-refractivity contribution is 6.04. The molecule has 1 aliphatic rings. The molecule has 2 aromatic carbocycles. The van der Waals surface area contributed by atoms with E-state index in [4.69, 9.17) is 4.74 Å². The van der Waals surface area contributed by atoms with Gasteiger partial charge < -0.3 is 15.0 Å². The molecule has 5 nitrogen and oxygen atoms in total. The van der Waals surface area contributed by atoms with Crippen molar-refractivity contribution in [1.29, 1.82) is 0 Å². The van der Waals surface area contributed by atoms with Gasteiger partial charge in [-0.1, -0.05) is 30.3 Å². The zero-order valence-corrected chi connectivity index (χ0v) is 15.4. The molecule has 0 aromatic heterocycles. The molecule has 0 saturated carbocycles. The molecule has 2 aromatic rings. The summed E-state index contributed by atoms with van der Waals surface area (Å²) in [6.45, 7) is 6.72. The van der Waals surface area contributed by atoms with Crippen molar-refractivity contribution in [3.8, 4) is 5.75 Å². The maximum Gasteiger partial charge on any atom is 0.229 e. The smallest absolute Gasteiger partial charge is 0.229 e. The van der Waals surface area contributed by atoms with E-state index in [1.165, 1.54) is 0 Å². The van der Waals surface area contributed by atoms with Gasteiger partial charge in [-0.25, -0.2) is 0 Å². The molecule has 1 fully saturated rings. The second-order valence-electron chi connectivity index (χ2n) is 6.56. The minimum absolute atomic E-state index is 0.0567. The molecule has 1 heterocycles. The fourth-order valence-electron chi connectivity index (χ4n) is 3.31. The second kappa shape index (κ2) is 7.60. The minimum Gasteiger partial charge on any atom is -0.492 e. The van der Waals surface area contributed by atoms with Crippen LogP contribution in [0.3, 0.4) is 0 Å². The lowest BCUT2D eigenvalue weighted by Crippen LogP contribution is -2.28. The lowest BCUT2D eigenvalue weighted by atomic mass is 10.1. The normalized spacial score (nSPS) is 16.7. The average Bonchev–Trinajstić information content (AvgIpc) is 3.01. The lowest BCUT2D eigenvalue weighted by molar-refractivity contribution is -0.122. The number of nitrogens with one attached hydrogen (secondary N) is 1. The number of hydrogen-bond acceptors (Lipinski definition) is 3. The van der Waals surface area contributed by atoms with Crippen LogP contribution in [0.4, 0.5) is 11.4 Å². The van der Waals surface area contributed by atoms with E-state index in [1.807, 2.05) is 63.2 Å². The molecule has 1 atom stereocenters. The Labute approximate surface area is 154 Å². The summed E-state index contributed by atoms with van der Waals surface area (Å²) in [6, 6.07) is 13.3. The second-order valence-corrected chi connectivity index (χ2v) is 6.56. The number of rotatable bonds is 5. The van der Waals surface area contributed by atoms with E-state index in [2.05, 4.69) is 5.32 Å². The van der Waals surface area contributed by atoms with Crippen LogP contribution in [0.2, 0.25) is 0 Å². The molecule has 0 radical (unpaired) electrons. The van der Waals surface area contributed by atoms with Gasteiger partial charge in [0.15, 0.2) is 0 Å². The van der Waals surface area contributed by atoms with Gasteiger partial charge in [0.2, 0.25) is 11.8 Å². The van der Waals surface area contributed by atoms with Crippen molar-refractivity contribution in [2.45, 2.75) is 27.2 Å². The van der Waals surface area contributed by atoms with Crippen molar-refractivity contribution < 1.29 is 14.3 Å². The molecule has 5 heteroatoms. The number of para-hydroxylation sites is 3. The Kier molecular flexibility index (Phi) is 5.26. The predicted molar refractivity (Wildman–Crippen MR) is 103 cm³/mol.